The summed E-state index contributed by atoms with van der Waals surface area (Å²) in [6, 6.07) is 8.22. The molecule has 1 unspecified atom stereocenters. The van der Waals surface area contributed by atoms with E-state index < -0.39 is 0 Å². The van der Waals surface area contributed by atoms with E-state index >= 15 is 0 Å². The van der Waals surface area contributed by atoms with E-state index in [4.69, 9.17) is 26.1 Å². The molecular formula is C23H32ClN5O2. The maximum Gasteiger partial charge on any atom is 0.194 e. The highest BCUT2D eigenvalue weighted by Gasteiger charge is 2.35. The fourth-order valence-corrected chi connectivity index (χ4v) is 4.61. The second-order valence-electron chi connectivity index (χ2n) is 8.33. The summed E-state index contributed by atoms with van der Waals surface area (Å²) in [5, 5.41) is 8.56. The summed E-state index contributed by atoms with van der Waals surface area (Å²) in [4.78, 5) is 7.43. The molecule has 1 N–H and O–H groups in total. The highest BCUT2D eigenvalue weighted by molar-refractivity contribution is 6.30. The van der Waals surface area contributed by atoms with Gasteiger partial charge in [-0.2, -0.15) is 5.10 Å². The smallest absolute Gasteiger partial charge is 0.194 e. The minimum atomic E-state index is -0.0567. The summed E-state index contributed by atoms with van der Waals surface area (Å²) in [5.41, 5.74) is 2.29. The fraction of sp³-hybridized carbons (Fsp3) is 0.565. The number of hydrogen-bond acceptors (Lipinski definition) is 4. The van der Waals surface area contributed by atoms with Crippen LogP contribution in [0.25, 0.3) is 0 Å². The van der Waals surface area contributed by atoms with Gasteiger partial charge in [0.1, 0.15) is 6.10 Å². The van der Waals surface area contributed by atoms with Gasteiger partial charge in [0.15, 0.2) is 5.96 Å². The third kappa shape index (κ3) is 5.22. The quantitative estimate of drug-likeness (QED) is 0.565. The summed E-state index contributed by atoms with van der Waals surface area (Å²) in [5.74, 6) is 0.938. The highest BCUT2D eigenvalue weighted by Crippen LogP contribution is 2.36. The van der Waals surface area contributed by atoms with Gasteiger partial charge in [-0.25, -0.2) is 0 Å². The lowest BCUT2D eigenvalue weighted by Gasteiger charge is -2.38. The zero-order chi connectivity index (χ0) is 21.7. The number of aliphatic imine (C=N–C) groups is 1. The summed E-state index contributed by atoms with van der Waals surface area (Å²) in [6.45, 7) is 7.36. The average Bonchev–Trinajstić information content (AvgIpc) is 3.24. The molecule has 2 aliphatic rings. The highest BCUT2D eigenvalue weighted by atomic mass is 35.5. The molecule has 1 atom stereocenters. The van der Waals surface area contributed by atoms with Crippen LogP contribution in [0, 0.1) is 0 Å². The van der Waals surface area contributed by atoms with Crippen LogP contribution in [-0.4, -0.2) is 66.6 Å². The van der Waals surface area contributed by atoms with Crippen LogP contribution < -0.4 is 5.32 Å². The number of rotatable bonds is 5. The topological polar surface area (TPSA) is 63.9 Å². The monoisotopic (exact) mass is 445 g/mol. The molecule has 3 heterocycles. The van der Waals surface area contributed by atoms with Crippen molar-refractivity contribution in [3.63, 3.8) is 0 Å². The van der Waals surface area contributed by atoms with E-state index in [9.17, 15) is 0 Å². The molecule has 2 fully saturated rings. The Hall–Kier alpha value is -2.09. The fourth-order valence-electron chi connectivity index (χ4n) is 4.42. The molecule has 2 aromatic rings. The first-order valence-corrected chi connectivity index (χ1v) is 11.4. The van der Waals surface area contributed by atoms with Crippen LogP contribution in [-0.2, 0) is 21.9 Å². The Morgan fingerprint density at radius 1 is 1.32 bits per heavy atom. The van der Waals surface area contributed by atoms with Crippen molar-refractivity contribution < 1.29 is 9.47 Å². The first-order valence-electron chi connectivity index (χ1n) is 11.1. The molecule has 1 aromatic heterocycles. The van der Waals surface area contributed by atoms with Crippen LogP contribution in [0.2, 0.25) is 5.02 Å². The number of nitrogens with one attached hydrogen (secondary N) is 1. The van der Waals surface area contributed by atoms with Crippen LogP contribution >= 0.6 is 11.6 Å². The van der Waals surface area contributed by atoms with Crippen molar-refractivity contribution in [2.75, 3.05) is 46.0 Å². The molecule has 0 radical (unpaired) electrons. The second-order valence-corrected chi connectivity index (χ2v) is 8.76. The van der Waals surface area contributed by atoms with E-state index in [1.165, 1.54) is 5.56 Å². The van der Waals surface area contributed by atoms with Gasteiger partial charge in [0.25, 0.3) is 0 Å². The van der Waals surface area contributed by atoms with Crippen LogP contribution in [0.4, 0.5) is 0 Å². The molecule has 4 rings (SSSR count). The number of benzene rings is 1. The number of ether oxygens (including phenoxy) is 2. The number of guanidine groups is 1. The molecule has 2 aliphatic heterocycles. The Morgan fingerprint density at radius 2 is 2.16 bits per heavy atom. The van der Waals surface area contributed by atoms with Gasteiger partial charge in [-0.15, -0.1) is 0 Å². The molecule has 31 heavy (non-hydrogen) atoms. The average molecular weight is 446 g/mol. The lowest BCUT2D eigenvalue weighted by molar-refractivity contribution is -0.00816. The minimum absolute atomic E-state index is 0.00345. The number of aryl methyl sites for hydroxylation is 1. The standard InChI is InChI=1S/C23H32ClN5O2/c1-3-25-22(29-9-12-31-21(16-29)18-14-27-28(2)15-18)26-17-23(7-10-30-11-8-23)19-5-4-6-20(24)13-19/h4-6,13-15,21H,3,7-12,16-17H2,1-2H3,(H,25,26). The molecule has 0 bridgehead atoms. The number of aromatic nitrogens is 2. The molecule has 0 amide bonds. The van der Waals surface area contributed by atoms with Gasteiger partial charge >= 0.3 is 0 Å². The number of halogens is 1. The van der Waals surface area contributed by atoms with Crippen LogP contribution in [0.3, 0.4) is 0 Å². The third-order valence-electron chi connectivity index (χ3n) is 6.22. The maximum atomic E-state index is 6.33. The van der Waals surface area contributed by atoms with E-state index in [1.807, 2.05) is 36.3 Å². The Morgan fingerprint density at radius 3 is 2.87 bits per heavy atom. The number of hydrogen-bond donors (Lipinski definition) is 1. The largest absolute Gasteiger partial charge is 0.381 e. The van der Waals surface area contributed by atoms with E-state index in [0.717, 1.165) is 62.2 Å². The Labute approximate surface area is 189 Å². The first-order chi connectivity index (χ1) is 15.1. The van der Waals surface area contributed by atoms with Crippen molar-refractivity contribution in [3.8, 4) is 0 Å². The van der Waals surface area contributed by atoms with Crippen molar-refractivity contribution in [1.29, 1.82) is 0 Å². The van der Waals surface area contributed by atoms with E-state index in [0.29, 0.717) is 13.2 Å². The van der Waals surface area contributed by atoms with Crippen LogP contribution in [0.1, 0.15) is 37.0 Å². The van der Waals surface area contributed by atoms with E-state index in [-0.39, 0.29) is 11.5 Å². The van der Waals surface area contributed by atoms with Gasteiger partial charge in [0.2, 0.25) is 0 Å². The lowest BCUT2D eigenvalue weighted by Crippen LogP contribution is -2.49. The Balaban J connectivity index is 1.55. The molecule has 168 valence electrons. The zero-order valence-electron chi connectivity index (χ0n) is 18.4. The van der Waals surface area contributed by atoms with Gasteiger partial charge in [0, 0.05) is 55.5 Å². The number of nitrogens with zero attached hydrogens (tertiary/aromatic N) is 4. The lowest BCUT2D eigenvalue weighted by atomic mass is 9.74. The van der Waals surface area contributed by atoms with Gasteiger partial charge in [-0.3, -0.25) is 9.67 Å². The Bertz CT molecular complexity index is 894. The van der Waals surface area contributed by atoms with Gasteiger partial charge in [-0.05, 0) is 37.5 Å². The van der Waals surface area contributed by atoms with Crippen molar-refractivity contribution in [2.45, 2.75) is 31.3 Å². The SMILES string of the molecule is CCNC(=NCC1(c2cccc(Cl)c2)CCOCC1)N1CCOC(c2cnn(C)c2)C1. The minimum Gasteiger partial charge on any atom is -0.381 e. The maximum absolute atomic E-state index is 6.33. The van der Waals surface area contributed by atoms with Crippen LogP contribution in [0.5, 0.6) is 0 Å². The summed E-state index contributed by atoms with van der Waals surface area (Å²) in [6.07, 6.45) is 5.79. The molecule has 0 spiro atoms. The van der Waals surface area contributed by atoms with Gasteiger partial charge in [0.05, 0.1) is 25.9 Å². The summed E-state index contributed by atoms with van der Waals surface area (Å²) < 4.78 is 13.5. The van der Waals surface area contributed by atoms with Crippen molar-refractivity contribution in [1.82, 2.24) is 20.0 Å². The summed E-state index contributed by atoms with van der Waals surface area (Å²) >= 11 is 6.33. The molecule has 8 heteroatoms. The molecule has 2 saturated heterocycles. The van der Waals surface area contributed by atoms with E-state index in [1.54, 1.807) is 0 Å². The third-order valence-corrected chi connectivity index (χ3v) is 6.45. The molecule has 1 aromatic carbocycles. The Kier molecular flexibility index (Phi) is 7.15. The van der Waals surface area contributed by atoms with E-state index in [2.05, 4.69) is 34.4 Å². The molecular weight excluding hydrogens is 414 g/mol. The zero-order valence-corrected chi connectivity index (χ0v) is 19.1. The predicted molar refractivity (Wildman–Crippen MR) is 123 cm³/mol. The van der Waals surface area contributed by atoms with Crippen molar-refractivity contribution in [3.05, 3.63) is 52.8 Å². The first kappa shape index (κ1) is 22.1. The van der Waals surface area contributed by atoms with Gasteiger partial charge < -0.3 is 19.7 Å². The second kappa shape index (κ2) is 10.0. The summed E-state index contributed by atoms with van der Waals surface area (Å²) in [7, 11) is 1.93. The van der Waals surface area contributed by atoms with Gasteiger partial charge in [-0.1, -0.05) is 23.7 Å². The number of morpholine rings is 1. The molecule has 0 aliphatic carbocycles. The van der Waals surface area contributed by atoms with Crippen LogP contribution in [0.15, 0.2) is 41.7 Å². The van der Waals surface area contributed by atoms with Crippen molar-refractivity contribution in [2.24, 2.45) is 12.0 Å². The molecule has 7 nitrogen and oxygen atoms in total. The normalized spacial score (nSPS) is 21.8. The van der Waals surface area contributed by atoms with Crippen molar-refractivity contribution >= 4 is 17.6 Å². The molecule has 0 saturated carbocycles. The predicted octanol–water partition coefficient (Wildman–Crippen LogP) is 3.16.